The number of halogens is 4. The maximum Gasteiger partial charge on any atom is 0.0707 e. The first kappa shape index (κ1) is 17.6. The quantitative estimate of drug-likeness (QED) is 0.215. The summed E-state index contributed by atoms with van der Waals surface area (Å²) >= 11 is 20.3. The molecular formula is C22H12Br2Cl2N2. The first-order valence-electron chi connectivity index (χ1n) is 8.99. The van der Waals surface area contributed by atoms with Gasteiger partial charge in [0.05, 0.1) is 32.1 Å². The smallest absolute Gasteiger partial charge is 0.0707 e. The largest absolute Gasteiger partial charge is 0.251 e. The molecule has 0 unspecified atom stereocenters. The molecule has 0 radical (unpaired) electrons. The summed E-state index contributed by atoms with van der Waals surface area (Å²) in [7, 11) is 0. The molecular weight excluding hydrogens is 523 g/mol. The minimum Gasteiger partial charge on any atom is -0.251 e. The molecule has 6 heteroatoms. The van der Waals surface area contributed by atoms with Gasteiger partial charge in [0.2, 0.25) is 0 Å². The van der Waals surface area contributed by atoms with Crippen LogP contribution in [0, 0.1) is 0 Å². The van der Waals surface area contributed by atoms with Gasteiger partial charge in [0.1, 0.15) is 0 Å². The number of benzene rings is 2. The van der Waals surface area contributed by atoms with Crippen LogP contribution in [0.1, 0.15) is 44.0 Å². The van der Waals surface area contributed by atoms with Crippen molar-refractivity contribution < 1.29 is 0 Å². The third-order valence-corrected chi connectivity index (χ3v) is 8.41. The first-order valence-corrected chi connectivity index (χ1v) is 11.6. The molecule has 0 aliphatic heterocycles. The standard InChI is InChI=1S/C22H12Br2Cl2N2/c23-19-18-14-8-10-6-12(26)2-4-16(10)28-22(14)20(24)17(18)13-7-9-5-11(25)1-3-15(9)27-21(13)19/h1-8,17-20H/t17-,18-,19+,20+/m0/s1. The minimum absolute atomic E-state index is 0.146. The van der Waals surface area contributed by atoms with E-state index in [0.29, 0.717) is 0 Å². The highest BCUT2D eigenvalue weighted by atomic mass is 79.9. The number of hydrogen-bond donors (Lipinski definition) is 0. The molecule has 0 saturated heterocycles. The maximum atomic E-state index is 6.22. The highest BCUT2D eigenvalue weighted by Crippen LogP contribution is 2.66. The summed E-state index contributed by atoms with van der Waals surface area (Å²) in [6.45, 7) is 0. The normalized spacial score (nSPS) is 25.1. The number of alkyl halides is 2. The summed E-state index contributed by atoms with van der Waals surface area (Å²) in [5, 5.41) is 3.61. The molecule has 0 amide bonds. The predicted octanol–water partition coefficient (Wildman–Crippen LogP) is 7.86. The zero-order chi connectivity index (χ0) is 19.2. The van der Waals surface area contributed by atoms with Crippen LogP contribution in [0.3, 0.4) is 0 Å². The van der Waals surface area contributed by atoms with E-state index in [1.807, 2.05) is 36.4 Å². The molecule has 0 N–H and O–H groups in total. The van der Waals surface area contributed by atoms with Crippen LogP contribution in [-0.4, -0.2) is 9.97 Å². The Morgan fingerprint density at radius 3 is 1.50 bits per heavy atom. The van der Waals surface area contributed by atoms with Crippen molar-refractivity contribution >= 4 is 76.9 Å². The second kappa shape index (κ2) is 6.15. The summed E-state index contributed by atoms with van der Waals surface area (Å²) in [6.07, 6.45) is 0. The van der Waals surface area contributed by atoms with Crippen molar-refractivity contribution in [2.24, 2.45) is 0 Å². The molecule has 2 aliphatic rings. The minimum atomic E-state index is 0.146. The number of fused-ring (bicyclic) bond motifs is 7. The van der Waals surface area contributed by atoms with Crippen LogP contribution in [-0.2, 0) is 0 Å². The molecule has 2 aromatic carbocycles. The number of hydrogen-bond acceptors (Lipinski definition) is 2. The third-order valence-electron chi connectivity index (χ3n) is 5.93. The zero-order valence-corrected chi connectivity index (χ0v) is 19.0. The van der Waals surface area contributed by atoms with Gasteiger partial charge in [0.25, 0.3) is 0 Å². The topological polar surface area (TPSA) is 25.8 Å². The molecule has 2 aliphatic carbocycles. The third kappa shape index (κ3) is 2.38. The summed E-state index contributed by atoms with van der Waals surface area (Å²) in [4.78, 5) is 10.2. The Kier molecular flexibility index (Phi) is 3.87. The highest BCUT2D eigenvalue weighted by molar-refractivity contribution is 9.09. The van der Waals surface area contributed by atoms with Crippen LogP contribution in [0.5, 0.6) is 0 Å². The van der Waals surface area contributed by atoms with Crippen molar-refractivity contribution in [2.45, 2.75) is 21.5 Å². The molecule has 0 fully saturated rings. The molecule has 4 atom stereocenters. The Hall–Kier alpha value is -1.20. The molecule has 4 aromatic rings. The van der Waals surface area contributed by atoms with Gasteiger partial charge in [0.15, 0.2) is 0 Å². The lowest BCUT2D eigenvalue weighted by Gasteiger charge is -2.15. The fourth-order valence-corrected chi connectivity index (χ4v) is 7.06. The maximum absolute atomic E-state index is 6.22. The van der Waals surface area contributed by atoms with Gasteiger partial charge in [-0.2, -0.15) is 0 Å². The first-order chi connectivity index (χ1) is 13.5. The van der Waals surface area contributed by atoms with E-state index in [9.17, 15) is 0 Å². The van der Waals surface area contributed by atoms with Gasteiger partial charge in [-0.25, -0.2) is 0 Å². The van der Waals surface area contributed by atoms with Crippen molar-refractivity contribution in [2.75, 3.05) is 0 Å². The van der Waals surface area contributed by atoms with E-state index < -0.39 is 0 Å². The Morgan fingerprint density at radius 2 is 1.07 bits per heavy atom. The van der Waals surface area contributed by atoms with E-state index >= 15 is 0 Å². The van der Waals surface area contributed by atoms with Gasteiger partial charge < -0.3 is 0 Å². The fraction of sp³-hybridized carbons (Fsp3) is 0.182. The molecule has 0 saturated carbocycles. The molecule has 2 heterocycles. The molecule has 2 aromatic heterocycles. The molecule has 28 heavy (non-hydrogen) atoms. The van der Waals surface area contributed by atoms with Crippen molar-refractivity contribution in [1.82, 2.24) is 9.97 Å². The van der Waals surface area contributed by atoms with Crippen molar-refractivity contribution in [3.8, 4) is 0 Å². The fourth-order valence-electron chi connectivity index (χ4n) is 4.74. The van der Waals surface area contributed by atoms with Gasteiger partial charge >= 0.3 is 0 Å². The van der Waals surface area contributed by atoms with E-state index in [0.717, 1.165) is 43.2 Å². The summed E-state index contributed by atoms with van der Waals surface area (Å²) < 4.78 is 0. The molecule has 0 bridgehead atoms. The Morgan fingerprint density at radius 1 is 0.643 bits per heavy atom. The van der Waals surface area contributed by atoms with Crippen molar-refractivity contribution in [3.63, 3.8) is 0 Å². The summed E-state index contributed by atoms with van der Waals surface area (Å²) in [5.41, 5.74) is 6.72. The van der Waals surface area contributed by atoms with Crippen LogP contribution in [0.25, 0.3) is 21.8 Å². The van der Waals surface area contributed by atoms with Gasteiger partial charge in [-0.05, 0) is 59.7 Å². The highest BCUT2D eigenvalue weighted by Gasteiger charge is 2.51. The average Bonchev–Trinajstić information content (AvgIpc) is 3.11. The Bertz CT molecular complexity index is 1210. The number of pyridine rings is 2. The van der Waals surface area contributed by atoms with Gasteiger partial charge in [-0.1, -0.05) is 55.1 Å². The second-order valence-corrected chi connectivity index (χ2v) is 10.3. The van der Waals surface area contributed by atoms with Crippen LogP contribution in [0.15, 0.2) is 48.5 Å². The predicted molar refractivity (Wildman–Crippen MR) is 122 cm³/mol. The molecule has 2 nitrogen and oxygen atoms in total. The van der Waals surface area contributed by atoms with E-state index in [1.165, 1.54) is 11.1 Å². The lowest BCUT2D eigenvalue weighted by Crippen LogP contribution is -2.01. The lowest BCUT2D eigenvalue weighted by atomic mass is 9.92. The molecule has 6 rings (SSSR count). The lowest BCUT2D eigenvalue weighted by molar-refractivity contribution is 0.625. The van der Waals surface area contributed by atoms with Crippen LogP contribution >= 0.6 is 55.1 Å². The molecule has 0 spiro atoms. The zero-order valence-electron chi connectivity index (χ0n) is 14.3. The number of nitrogens with zero attached hydrogens (tertiary/aromatic N) is 2. The van der Waals surface area contributed by atoms with E-state index in [1.54, 1.807) is 0 Å². The average molecular weight is 535 g/mol. The van der Waals surface area contributed by atoms with Gasteiger partial charge in [-0.15, -0.1) is 0 Å². The summed E-state index contributed by atoms with van der Waals surface area (Å²) in [6, 6.07) is 16.2. The number of rotatable bonds is 0. The van der Waals surface area contributed by atoms with E-state index in [4.69, 9.17) is 33.2 Å². The van der Waals surface area contributed by atoms with Crippen molar-refractivity contribution in [1.29, 1.82) is 0 Å². The van der Waals surface area contributed by atoms with Gasteiger partial charge in [-0.3, -0.25) is 9.97 Å². The monoisotopic (exact) mass is 532 g/mol. The SMILES string of the molecule is Clc1ccc2nc3c(cc2c1)[C@H]1[C@H](c2cc4cc(Cl)ccc4nc2[C@@H]1Br)[C@H]3Br. The second-order valence-electron chi connectivity index (χ2n) is 7.45. The summed E-state index contributed by atoms with van der Waals surface area (Å²) in [5.74, 6) is 0.565. The van der Waals surface area contributed by atoms with Crippen LogP contribution in [0.2, 0.25) is 10.0 Å². The number of aromatic nitrogens is 2. The van der Waals surface area contributed by atoms with E-state index in [2.05, 4.69) is 44.0 Å². The Labute approximate surface area is 188 Å². The Balaban J connectivity index is 1.58. The van der Waals surface area contributed by atoms with Crippen molar-refractivity contribution in [3.05, 3.63) is 81.1 Å². The van der Waals surface area contributed by atoms with Crippen LogP contribution in [0.4, 0.5) is 0 Å². The van der Waals surface area contributed by atoms with Gasteiger partial charge in [0, 0.05) is 32.7 Å². The molecule has 138 valence electrons. The van der Waals surface area contributed by atoms with E-state index in [-0.39, 0.29) is 21.5 Å². The van der Waals surface area contributed by atoms with Crippen LogP contribution < -0.4 is 0 Å².